The van der Waals surface area contributed by atoms with Crippen molar-refractivity contribution in [3.8, 4) is 5.75 Å². The molecule has 0 aromatic heterocycles. The van der Waals surface area contributed by atoms with Crippen molar-refractivity contribution in [2.24, 2.45) is 0 Å². The van der Waals surface area contributed by atoms with Gasteiger partial charge in [-0.1, -0.05) is 29.8 Å². The predicted octanol–water partition coefficient (Wildman–Crippen LogP) is 4.83. The van der Waals surface area contributed by atoms with Gasteiger partial charge in [-0.25, -0.2) is 4.79 Å². The summed E-state index contributed by atoms with van der Waals surface area (Å²) in [7, 11) is 0. The number of ether oxygens (including phenoxy) is 2. The molecule has 0 heterocycles. The number of halogens is 1. The molecular formula is C21H25ClN2O3S. The SMILES string of the molecule is CCOC(=O)c1cc(NC(=S)NCCCc2ccccc2OCC)ccc1Cl. The summed E-state index contributed by atoms with van der Waals surface area (Å²) in [6, 6.07) is 13.1. The van der Waals surface area contributed by atoms with E-state index < -0.39 is 5.97 Å². The van der Waals surface area contributed by atoms with E-state index in [1.54, 1.807) is 25.1 Å². The predicted molar refractivity (Wildman–Crippen MR) is 118 cm³/mol. The smallest absolute Gasteiger partial charge is 0.339 e. The maximum atomic E-state index is 11.9. The van der Waals surface area contributed by atoms with Crippen molar-refractivity contribution in [2.45, 2.75) is 26.7 Å². The fraction of sp³-hybridized carbons (Fsp3) is 0.333. The number of anilines is 1. The topological polar surface area (TPSA) is 59.6 Å². The molecule has 2 aromatic rings. The molecule has 0 amide bonds. The summed E-state index contributed by atoms with van der Waals surface area (Å²) < 4.78 is 10.7. The van der Waals surface area contributed by atoms with Gasteiger partial charge in [-0.15, -0.1) is 0 Å². The Labute approximate surface area is 176 Å². The standard InChI is InChI=1S/C21H25ClN2O3S/c1-3-26-19-10-6-5-8-15(19)9-7-13-23-21(28)24-16-11-12-18(22)17(14-16)20(25)27-4-2/h5-6,8,10-12,14H,3-4,7,9,13H2,1-2H3,(H2,23,24,28). The molecule has 0 unspecified atom stereocenters. The van der Waals surface area contributed by atoms with Crippen LogP contribution in [0.2, 0.25) is 5.02 Å². The average Bonchev–Trinajstić information content (AvgIpc) is 2.68. The first-order valence-electron chi connectivity index (χ1n) is 9.27. The van der Waals surface area contributed by atoms with Gasteiger partial charge in [0.05, 0.1) is 23.8 Å². The lowest BCUT2D eigenvalue weighted by molar-refractivity contribution is 0.0526. The lowest BCUT2D eigenvalue weighted by atomic mass is 10.1. The minimum absolute atomic E-state index is 0.291. The Balaban J connectivity index is 1.83. The number of carbonyl (C=O) groups is 1. The normalized spacial score (nSPS) is 10.2. The molecule has 0 saturated carbocycles. The van der Waals surface area contributed by atoms with E-state index in [4.69, 9.17) is 33.3 Å². The van der Waals surface area contributed by atoms with E-state index in [0.29, 0.717) is 41.1 Å². The molecule has 2 rings (SSSR count). The van der Waals surface area contributed by atoms with Crippen LogP contribution in [0.15, 0.2) is 42.5 Å². The Kier molecular flexibility index (Phi) is 9.04. The van der Waals surface area contributed by atoms with Crippen molar-refractivity contribution < 1.29 is 14.3 Å². The highest BCUT2D eigenvalue weighted by Crippen LogP contribution is 2.22. The van der Waals surface area contributed by atoms with E-state index in [1.807, 2.05) is 25.1 Å². The molecular weight excluding hydrogens is 396 g/mol. The lowest BCUT2D eigenvalue weighted by Crippen LogP contribution is -2.29. The summed E-state index contributed by atoms with van der Waals surface area (Å²) in [4.78, 5) is 11.9. The Morgan fingerprint density at radius 3 is 2.68 bits per heavy atom. The van der Waals surface area contributed by atoms with E-state index in [-0.39, 0.29) is 0 Å². The number of aryl methyl sites for hydroxylation is 1. The van der Waals surface area contributed by atoms with Gasteiger partial charge >= 0.3 is 5.97 Å². The van der Waals surface area contributed by atoms with Gasteiger partial charge in [-0.2, -0.15) is 0 Å². The number of carbonyl (C=O) groups excluding carboxylic acids is 1. The third-order valence-corrected chi connectivity index (χ3v) is 4.48. The van der Waals surface area contributed by atoms with Crippen LogP contribution in [-0.4, -0.2) is 30.8 Å². The summed E-state index contributed by atoms with van der Waals surface area (Å²) in [6.07, 6.45) is 1.79. The highest BCUT2D eigenvalue weighted by Gasteiger charge is 2.12. The monoisotopic (exact) mass is 420 g/mol. The molecule has 2 aromatic carbocycles. The highest BCUT2D eigenvalue weighted by molar-refractivity contribution is 7.80. The van der Waals surface area contributed by atoms with Crippen LogP contribution in [0.25, 0.3) is 0 Å². The van der Waals surface area contributed by atoms with Crippen LogP contribution in [0, 0.1) is 0 Å². The molecule has 0 aliphatic carbocycles. The van der Waals surface area contributed by atoms with Gasteiger partial charge in [0.25, 0.3) is 0 Å². The number of hydrogen-bond acceptors (Lipinski definition) is 4. The molecule has 150 valence electrons. The Morgan fingerprint density at radius 1 is 1.14 bits per heavy atom. The zero-order valence-corrected chi connectivity index (χ0v) is 17.7. The maximum Gasteiger partial charge on any atom is 0.339 e. The van der Waals surface area contributed by atoms with Gasteiger partial charge < -0.3 is 20.1 Å². The van der Waals surface area contributed by atoms with E-state index in [2.05, 4.69) is 16.7 Å². The largest absolute Gasteiger partial charge is 0.494 e. The van der Waals surface area contributed by atoms with Gasteiger partial charge in [-0.05, 0) is 68.7 Å². The first-order chi connectivity index (χ1) is 13.5. The molecule has 0 atom stereocenters. The van der Waals surface area contributed by atoms with Crippen molar-refractivity contribution in [2.75, 3.05) is 25.1 Å². The van der Waals surface area contributed by atoms with Gasteiger partial charge in [0, 0.05) is 12.2 Å². The van der Waals surface area contributed by atoms with Gasteiger partial charge in [0.1, 0.15) is 5.75 Å². The van der Waals surface area contributed by atoms with Gasteiger partial charge in [0.15, 0.2) is 5.11 Å². The van der Waals surface area contributed by atoms with E-state index in [9.17, 15) is 4.79 Å². The van der Waals surface area contributed by atoms with Crippen LogP contribution in [-0.2, 0) is 11.2 Å². The van der Waals surface area contributed by atoms with Crippen LogP contribution >= 0.6 is 23.8 Å². The van der Waals surface area contributed by atoms with Crippen LogP contribution in [0.5, 0.6) is 5.75 Å². The zero-order valence-electron chi connectivity index (χ0n) is 16.1. The maximum absolute atomic E-state index is 11.9. The number of para-hydroxylation sites is 1. The highest BCUT2D eigenvalue weighted by atomic mass is 35.5. The number of hydrogen-bond donors (Lipinski definition) is 2. The quantitative estimate of drug-likeness (QED) is 0.344. The van der Waals surface area contributed by atoms with E-state index in [0.717, 1.165) is 18.6 Å². The first kappa shape index (κ1) is 22.0. The second-order valence-corrected chi connectivity index (χ2v) is 6.76. The molecule has 2 N–H and O–H groups in total. The van der Waals surface area contributed by atoms with Crippen molar-refractivity contribution >= 4 is 40.6 Å². The van der Waals surface area contributed by atoms with Gasteiger partial charge in [-0.3, -0.25) is 0 Å². The second kappa shape index (κ2) is 11.5. The van der Waals surface area contributed by atoms with Crippen LogP contribution in [0.1, 0.15) is 36.2 Å². The Hall–Kier alpha value is -2.31. The summed E-state index contributed by atoms with van der Waals surface area (Å²) >= 11 is 11.4. The molecule has 0 saturated heterocycles. The Bertz CT molecular complexity index is 814. The third-order valence-electron chi connectivity index (χ3n) is 3.90. The first-order valence-corrected chi connectivity index (χ1v) is 10.1. The molecule has 5 nitrogen and oxygen atoms in total. The number of thiocarbonyl (C=S) groups is 1. The van der Waals surface area contributed by atoms with Crippen LogP contribution < -0.4 is 15.4 Å². The van der Waals surface area contributed by atoms with Crippen molar-refractivity contribution in [3.05, 3.63) is 58.6 Å². The molecule has 0 bridgehead atoms. The molecule has 0 spiro atoms. The average molecular weight is 421 g/mol. The summed E-state index contributed by atoms with van der Waals surface area (Å²) in [5, 5.41) is 7.06. The zero-order chi connectivity index (χ0) is 20.4. The van der Waals surface area contributed by atoms with Crippen LogP contribution in [0.3, 0.4) is 0 Å². The Morgan fingerprint density at radius 2 is 1.93 bits per heavy atom. The fourth-order valence-electron chi connectivity index (χ4n) is 2.63. The molecule has 7 heteroatoms. The number of benzene rings is 2. The lowest BCUT2D eigenvalue weighted by Gasteiger charge is -2.13. The minimum atomic E-state index is -0.456. The summed E-state index contributed by atoms with van der Waals surface area (Å²) in [6.45, 7) is 5.38. The van der Waals surface area contributed by atoms with Crippen LogP contribution in [0.4, 0.5) is 5.69 Å². The van der Waals surface area contributed by atoms with Crippen molar-refractivity contribution in [1.82, 2.24) is 5.32 Å². The third kappa shape index (κ3) is 6.69. The minimum Gasteiger partial charge on any atom is -0.494 e. The molecule has 0 aliphatic rings. The van der Waals surface area contributed by atoms with E-state index >= 15 is 0 Å². The molecule has 0 radical (unpaired) electrons. The number of nitrogens with one attached hydrogen (secondary N) is 2. The summed E-state index contributed by atoms with van der Waals surface area (Å²) in [5.41, 5.74) is 2.16. The molecule has 0 fully saturated rings. The summed E-state index contributed by atoms with van der Waals surface area (Å²) in [5.74, 6) is 0.473. The van der Waals surface area contributed by atoms with Crippen molar-refractivity contribution in [3.63, 3.8) is 0 Å². The molecule has 28 heavy (non-hydrogen) atoms. The van der Waals surface area contributed by atoms with E-state index in [1.165, 1.54) is 5.56 Å². The number of rotatable bonds is 9. The fourth-order valence-corrected chi connectivity index (χ4v) is 3.05. The van der Waals surface area contributed by atoms with Gasteiger partial charge in [0.2, 0.25) is 0 Å². The number of esters is 1. The second-order valence-electron chi connectivity index (χ2n) is 5.94. The van der Waals surface area contributed by atoms with Crippen molar-refractivity contribution in [1.29, 1.82) is 0 Å². The molecule has 0 aliphatic heterocycles.